The van der Waals surface area contributed by atoms with Crippen molar-refractivity contribution in [1.82, 2.24) is 19.6 Å². The molecule has 84 valence electrons. The van der Waals surface area contributed by atoms with Gasteiger partial charge in [0.25, 0.3) is 0 Å². The Morgan fingerprint density at radius 1 is 1.50 bits per heavy atom. The van der Waals surface area contributed by atoms with Crippen LogP contribution in [-0.2, 0) is 4.74 Å². The lowest BCUT2D eigenvalue weighted by atomic mass is 10.3. The van der Waals surface area contributed by atoms with Crippen LogP contribution in [0.1, 0.15) is 30.3 Å². The van der Waals surface area contributed by atoms with E-state index in [2.05, 4.69) is 15.1 Å². The minimum atomic E-state index is -0.452. The highest BCUT2D eigenvalue weighted by Gasteiger charge is 2.14. The Labute approximate surface area is 92.3 Å². The first kappa shape index (κ1) is 10.5. The van der Waals surface area contributed by atoms with Crippen LogP contribution in [0.4, 0.5) is 0 Å². The van der Waals surface area contributed by atoms with Gasteiger partial charge in [-0.05, 0) is 6.42 Å². The molecular formula is C10H12N4O2. The maximum Gasteiger partial charge on any atom is 0.360 e. The van der Waals surface area contributed by atoms with Crippen LogP contribution in [0, 0.1) is 0 Å². The van der Waals surface area contributed by atoms with E-state index in [0.717, 1.165) is 12.8 Å². The summed E-state index contributed by atoms with van der Waals surface area (Å²) in [5.74, 6) is -0.452. The summed E-state index contributed by atoms with van der Waals surface area (Å²) in [6.07, 6.45) is 6.33. The van der Waals surface area contributed by atoms with Crippen LogP contribution in [0.2, 0.25) is 0 Å². The average Bonchev–Trinajstić information content (AvgIpc) is 2.76. The lowest BCUT2D eigenvalue weighted by Crippen LogP contribution is -2.10. The molecule has 0 aromatic carbocycles. The maximum absolute atomic E-state index is 11.7. The van der Waals surface area contributed by atoms with Crippen molar-refractivity contribution in [2.75, 3.05) is 6.61 Å². The van der Waals surface area contributed by atoms with Gasteiger partial charge in [-0.15, -0.1) is 0 Å². The minimum absolute atomic E-state index is 0.205. The van der Waals surface area contributed by atoms with Crippen LogP contribution in [0.15, 0.2) is 18.7 Å². The van der Waals surface area contributed by atoms with Gasteiger partial charge >= 0.3 is 5.97 Å². The van der Waals surface area contributed by atoms with E-state index in [1.165, 1.54) is 17.0 Å². The number of unbranched alkanes of at least 4 members (excludes halogenated alkanes) is 1. The Morgan fingerprint density at radius 3 is 3.19 bits per heavy atom. The van der Waals surface area contributed by atoms with E-state index >= 15 is 0 Å². The second kappa shape index (κ2) is 4.69. The molecule has 0 fully saturated rings. The predicted octanol–water partition coefficient (Wildman–Crippen LogP) is 1.08. The van der Waals surface area contributed by atoms with Gasteiger partial charge in [0.1, 0.15) is 6.33 Å². The SMILES string of the molecule is CCCCOC(=O)c1nccn2ncnc12. The summed E-state index contributed by atoms with van der Waals surface area (Å²) in [5, 5.41) is 3.92. The third-order valence-electron chi connectivity index (χ3n) is 2.12. The summed E-state index contributed by atoms with van der Waals surface area (Å²) in [5.41, 5.74) is 0.625. The smallest absolute Gasteiger partial charge is 0.360 e. The molecule has 2 aromatic heterocycles. The molecular weight excluding hydrogens is 208 g/mol. The first-order valence-electron chi connectivity index (χ1n) is 5.14. The number of esters is 1. The Kier molecular flexibility index (Phi) is 3.09. The first-order valence-corrected chi connectivity index (χ1v) is 5.14. The van der Waals surface area contributed by atoms with E-state index in [4.69, 9.17) is 4.74 Å². The van der Waals surface area contributed by atoms with Gasteiger partial charge in [0.15, 0.2) is 11.3 Å². The zero-order chi connectivity index (χ0) is 11.4. The fraction of sp³-hybridized carbons (Fsp3) is 0.400. The maximum atomic E-state index is 11.7. The van der Waals surface area contributed by atoms with Gasteiger partial charge in [-0.1, -0.05) is 13.3 Å². The van der Waals surface area contributed by atoms with Crippen molar-refractivity contribution >= 4 is 11.6 Å². The number of hydrogen-bond donors (Lipinski definition) is 0. The highest BCUT2D eigenvalue weighted by Crippen LogP contribution is 2.05. The number of carbonyl (C=O) groups excluding carboxylic acids is 1. The normalized spacial score (nSPS) is 10.6. The molecule has 2 rings (SSSR count). The summed E-state index contributed by atoms with van der Waals surface area (Å²) in [4.78, 5) is 19.6. The molecule has 0 saturated heterocycles. The highest BCUT2D eigenvalue weighted by molar-refractivity contribution is 5.93. The fourth-order valence-corrected chi connectivity index (χ4v) is 1.28. The number of fused-ring (bicyclic) bond motifs is 1. The van der Waals surface area contributed by atoms with Crippen molar-refractivity contribution < 1.29 is 9.53 Å². The second-order valence-electron chi connectivity index (χ2n) is 3.29. The van der Waals surface area contributed by atoms with E-state index in [9.17, 15) is 4.79 Å². The summed E-state index contributed by atoms with van der Waals surface area (Å²) in [6, 6.07) is 0. The summed E-state index contributed by atoms with van der Waals surface area (Å²) >= 11 is 0. The third kappa shape index (κ3) is 2.00. The Morgan fingerprint density at radius 2 is 2.38 bits per heavy atom. The molecule has 0 aliphatic rings. The summed E-state index contributed by atoms with van der Waals surface area (Å²) in [7, 11) is 0. The van der Waals surface area contributed by atoms with Gasteiger partial charge in [-0.25, -0.2) is 19.3 Å². The lowest BCUT2D eigenvalue weighted by molar-refractivity contribution is 0.0494. The van der Waals surface area contributed by atoms with Crippen LogP contribution in [0.5, 0.6) is 0 Å². The van der Waals surface area contributed by atoms with Crippen LogP contribution in [0.25, 0.3) is 5.65 Å². The van der Waals surface area contributed by atoms with Crippen molar-refractivity contribution in [2.24, 2.45) is 0 Å². The Bertz CT molecular complexity index is 494. The van der Waals surface area contributed by atoms with Crippen LogP contribution < -0.4 is 0 Å². The molecule has 16 heavy (non-hydrogen) atoms. The lowest BCUT2D eigenvalue weighted by Gasteiger charge is -2.03. The molecule has 0 unspecified atom stereocenters. The van der Waals surface area contributed by atoms with Gasteiger partial charge < -0.3 is 4.74 Å². The zero-order valence-corrected chi connectivity index (χ0v) is 8.96. The van der Waals surface area contributed by atoms with Crippen LogP contribution >= 0.6 is 0 Å². The quantitative estimate of drug-likeness (QED) is 0.569. The summed E-state index contributed by atoms with van der Waals surface area (Å²) < 4.78 is 6.55. The van der Waals surface area contributed by atoms with Crippen molar-refractivity contribution in [2.45, 2.75) is 19.8 Å². The topological polar surface area (TPSA) is 69.4 Å². The van der Waals surface area contributed by atoms with Crippen molar-refractivity contribution in [1.29, 1.82) is 0 Å². The largest absolute Gasteiger partial charge is 0.461 e. The van der Waals surface area contributed by atoms with Crippen molar-refractivity contribution in [3.05, 3.63) is 24.4 Å². The number of carbonyl (C=O) groups is 1. The van der Waals surface area contributed by atoms with Crippen LogP contribution in [0.3, 0.4) is 0 Å². The van der Waals surface area contributed by atoms with Gasteiger partial charge in [0.2, 0.25) is 0 Å². The molecule has 6 nitrogen and oxygen atoms in total. The predicted molar refractivity (Wildman–Crippen MR) is 56.0 cm³/mol. The molecule has 2 aromatic rings. The minimum Gasteiger partial charge on any atom is -0.461 e. The standard InChI is InChI=1S/C10H12N4O2/c1-2-3-6-16-10(15)8-9-12-7-13-14(9)5-4-11-8/h4-5,7H,2-3,6H2,1H3. The molecule has 0 radical (unpaired) electrons. The van der Waals surface area contributed by atoms with Crippen molar-refractivity contribution in [3.8, 4) is 0 Å². The van der Waals surface area contributed by atoms with E-state index in [1.807, 2.05) is 6.92 Å². The summed E-state index contributed by atoms with van der Waals surface area (Å²) in [6.45, 7) is 2.44. The monoisotopic (exact) mass is 220 g/mol. The highest BCUT2D eigenvalue weighted by atomic mass is 16.5. The molecule has 0 spiro atoms. The van der Waals surface area contributed by atoms with E-state index < -0.39 is 5.97 Å². The van der Waals surface area contributed by atoms with Gasteiger partial charge in [0, 0.05) is 12.4 Å². The van der Waals surface area contributed by atoms with Crippen molar-refractivity contribution in [3.63, 3.8) is 0 Å². The molecule has 0 atom stereocenters. The van der Waals surface area contributed by atoms with Crippen LogP contribution in [-0.4, -0.2) is 32.2 Å². The average molecular weight is 220 g/mol. The molecule has 0 N–H and O–H groups in total. The Hall–Kier alpha value is -1.98. The zero-order valence-electron chi connectivity index (χ0n) is 8.96. The van der Waals surface area contributed by atoms with E-state index in [1.54, 1.807) is 6.20 Å². The molecule has 0 saturated carbocycles. The third-order valence-corrected chi connectivity index (χ3v) is 2.12. The van der Waals surface area contributed by atoms with E-state index in [0.29, 0.717) is 12.3 Å². The molecule has 0 aliphatic heterocycles. The number of rotatable bonds is 4. The number of aromatic nitrogens is 4. The first-order chi connectivity index (χ1) is 7.83. The van der Waals surface area contributed by atoms with E-state index in [-0.39, 0.29) is 5.69 Å². The molecule has 0 bridgehead atoms. The molecule has 6 heteroatoms. The number of hydrogen-bond acceptors (Lipinski definition) is 5. The molecule has 0 amide bonds. The fourth-order valence-electron chi connectivity index (χ4n) is 1.28. The number of nitrogens with zero attached hydrogens (tertiary/aromatic N) is 4. The second-order valence-corrected chi connectivity index (χ2v) is 3.29. The van der Waals surface area contributed by atoms with Gasteiger partial charge in [-0.2, -0.15) is 5.10 Å². The Balaban J connectivity index is 2.19. The molecule has 0 aliphatic carbocycles. The molecule has 2 heterocycles. The van der Waals surface area contributed by atoms with Gasteiger partial charge in [0.05, 0.1) is 6.61 Å². The van der Waals surface area contributed by atoms with Gasteiger partial charge in [-0.3, -0.25) is 0 Å². The number of ether oxygens (including phenoxy) is 1.